The molecule has 1 fully saturated rings. The van der Waals surface area contributed by atoms with Gasteiger partial charge in [0.05, 0.1) is 41.2 Å². The second-order valence-electron chi connectivity index (χ2n) is 9.56. The molecule has 0 spiro atoms. The minimum absolute atomic E-state index is 0.0131. The van der Waals surface area contributed by atoms with Gasteiger partial charge in [-0.2, -0.15) is 13.2 Å². The molecule has 3 aromatic carbocycles. The number of aromatic nitrogens is 2. The molecule has 1 saturated heterocycles. The van der Waals surface area contributed by atoms with Gasteiger partial charge in [-0.25, -0.2) is 19.0 Å². The van der Waals surface area contributed by atoms with E-state index in [9.17, 15) is 32.3 Å². The van der Waals surface area contributed by atoms with Gasteiger partial charge in [0.1, 0.15) is 17.3 Å². The number of urea groups is 1. The van der Waals surface area contributed by atoms with Crippen LogP contribution in [0.5, 0.6) is 11.5 Å². The molecule has 226 valence electrons. The Morgan fingerprint density at radius 1 is 1.02 bits per heavy atom. The summed E-state index contributed by atoms with van der Waals surface area (Å²) in [5.74, 6) is -0.237. The molecule has 2 heterocycles. The molecule has 4 N–H and O–H groups in total. The predicted molar refractivity (Wildman–Crippen MR) is 148 cm³/mol. The summed E-state index contributed by atoms with van der Waals surface area (Å²) in [6.45, 7) is 3.83. The maximum Gasteiger partial charge on any atom is 0.416 e. The van der Waals surface area contributed by atoms with Gasteiger partial charge in [0.15, 0.2) is 0 Å². The molecule has 4 aromatic rings. The van der Waals surface area contributed by atoms with E-state index in [1.807, 2.05) is 0 Å². The molecule has 1 aromatic heterocycles. The smallest absolute Gasteiger partial charge is 0.416 e. The number of hydrogen-bond acceptors (Lipinski definition) is 6. The van der Waals surface area contributed by atoms with E-state index in [4.69, 9.17) is 15.2 Å². The van der Waals surface area contributed by atoms with Crippen molar-refractivity contribution in [2.75, 3.05) is 43.1 Å². The molecule has 11 nitrogen and oxygen atoms in total. The van der Waals surface area contributed by atoms with Gasteiger partial charge >= 0.3 is 18.3 Å². The number of carbonyl (C=O) groups excluding carboxylic acids is 1. The average Bonchev–Trinajstić information content (AvgIpc) is 3.29. The maximum absolute atomic E-state index is 14.5. The SMILES string of the molecule is NC(=O)N(c1ccc(Oc2ccc3nc(NC(=O)O)n(CCN4CCOCC4)c3c2)cc1)c1cc(C(F)(F)F)ccc1F. The van der Waals surface area contributed by atoms with E-state index in [0.717, 1.165) is 13.1 Å². The normalized spacial score (nSPS) is 14.0. The fraction of sp³-hybridized carbons (Fsp3) is 0.250. The van der Waals surface area contributed by atoms with Crippen LogP contribution in [0, 0.1) is 5.82 Å². The van der Waals surface area contributed by atoms with Crippen LogP contribution in [0.15, 0.2) is 60.7 Å². The third-order valence-corrected chi connectivity index (χ3v) is 6.75. The Morgan fingerprint density at radius 2 is 1.72 bits per heavy atom. The highest BCUT2D eigenvalue weighted by molar-refractivity contribution is 5.98. The number of nitrogens with two attached hydrogens (primary N) is 1. The molecule has 15 heteroatoms. The van der Waals surface area contributed by atoms with E-state index in [1.54, 1.807) is 22.8 Å². The van der Waals surface area contributed by atoms with Crippen LogP contribution in [-0.2, 0) is 17.5 Å². The van der Waals surface area contributed by atoms with Gasteiger partial charge in [-0.05, 0) is 54.6 Å². The summed E-state index contributed by atoms with van der Waals surface area (Å²) in [6.07, 6.45) is -6.01. The number of halogens is 4. The lowest BCUT2D eigenvalue weighted by molar-refractivity contribution is -0.137. The first kappa shape index (κ1) is 29.6. The second-order valence-corrected chi connectivity index (χ2v) is 9.56. The Labute approximate surface area is 242 Å². The first-order valence-electron chi connectivity index (χ1n) is 13.0. The lowest BCUT2D eigenvalue weighted by Crippen LogP contribution is -2.38. The number of nitrogens with one attached hydrogen (secondary N) is 1. The number of rotatable bonds is 8. The van der Waals surface area contributed by atoms with Crippen LogP contribution in [0.1, 0.15) is 5.56 Å². The second kappa shape index (κ2) is 12.1. The van der Waals surface area contributed by atoms with Crippen molar-refractivity contribution in [1.29, 1.82) is 0 Å². The topological polar surface area (TPSA) is 135 Å². The van der Waals surface area contributed by atoms with E-state index < -0.39 is 35.4 Å². The number of imidazole rings is 1. The van der Waals surface area contributed by atoms with Crippen LogP contribution >= 0.6 is 0 Å². The highest BCUT2D eigenvalue weighted by Gasteiger charge is 2.32. The average molecular weight is 603 g/mol. The number of morpholine rings is 1. The number of primary amides is 1. The number of ether oxygens (including phenoxy) is 2. The van der Waals surface area contributed by atoms with Gasteiger partial charge in [-0.1, -0.05) is 0 Å². The molecule has 0 bridgehead atoms. The third-order valence-electron chi connectivity index (χ3n) is 6.75. The van der Waals surface area contributed by atoms with E-state index in [1.165, 1.54) is 24.3 Å². The zero-order valence-electron chi connectivity index (χ0n) is 22.5. The Morgan fingerprint density at radius 3 is 2.37 bits per heavy atom. The van der Waals surface area contributed by atoms with Gasteiger partial charge in [-0.3, -0.25) is 15.1 Å². The number of nitrogens with zero attached hydrogens (tertiary/aromatic N) is 4. The Balaban J connectivity index is 1.39. The van der Waals surface area contributed by atoms with Gasteiger partial charge < -0.3 is 24.9 Å². The maximum atomic E-state index is 14.5. The summed E-state index contributed by atoms with van der Waals surface area (Å²) in [6, 6.07) is 11.1. The summed E-state index contributed by atoms with van der Waals surface area (Å²) in [5, 5.41) is 11.6. The largest absolute Gasteiger partial charge is 0.465 e. The molecule has 3 amide bonds. The molecule has 0 radical (unpaired) electrons. The van der Waals surface area contributed by atoms with Crippen LogP contribution in [0.25, 0.3) is 11.0 Å². The molecule has 0 atom stereocenters. The molecule has 0 unspecified atom stereocenters. The minimum atomic E-state index is -4.76. The molecule has 43 heavy (non-hydrogen) atoms. The number of fused-ring (bicyclic) bond motifs is 1. The summed E-state index contributed by atoms with van der Waals surface area (Å²) in [5.41, 5.74) is 4.78. The van der Waals surface area contributed by atoms with Crippen molar-refractivity contribution in [1.82, 2.24) is 14.5 Å². The summed E-state index contributed by atoms with van der Waals surface area (Å²) >= 11 is 0. The highest BCUT2D eigenvalue weighted by Crippen LogP contribution is 2.36. The zero-order valence-corrected chi connectivity index (χ0v) is 22.5. The van der Waals surface area contributed by atoms with Gasteiger partial charge in [0, 0.05) is 32.2 Å². The lowest BCUT2D eigenvalue weighted by Gasteiger charge is -2.26. The number of anilines is 3. The zero-order chi connectivity index (χ0) is 30.7. The van der Waals surface area contributed by atoms with Gasteiger partial charge in [0.25, 0.3) is 0 Å². The van der Waals surface area contributed by atoms with E-state index in [2.05, 4.69) is 15.2 Å². The van der Waals surface area contributed by atoms with Crippen LogP contribution in [0.2, 0.25) is 0 Å². The Bertz CT molecular complexity index is 1640. The molecule has 5 rings (SSSR count). The van der Waals surface area contributed by atoms with E-state index >= 15 is 0 Å². The van der Waals surface area contributed by atoms with Crippen LogP contribution in [-0.4, -0.2) is 64.5 Å². The first-order valence-corrected chi connectivity index (χ1v) is 13.0. The van der Waals surface area contributed by atoms with Crippen molar-refractivity contribution in [2.24, 2.45) is 5.73 Å². The standard InChI is InChI=1S/C28H26F4N6O5/c29-21-7-1-17(28(30,31)32)15-23(21)38(25(33)39)18-2-4-19(5-3-18)43-20-6-8-22-24(16-20)37(26(34-22)35-27(40)41)10-9-36-11-13-42-14-12-36/h1-8,15-16H,9-14H2,(H2,33,39)(H,34,35)(H,40,41). The molecule has 0 aliphatic carbocycles. The van der Waals surface area contributed by atoms with Crippen LogP contribution < -0.4 is 20.7 Å². The molecule has 1 aliphatic rings. The minimum Gasteiger partial charge on any atom is -0.465 e. The number of carboxylic acid groups (broad SMARTS) is 1. The van der Waals surface area contributed by atoms with Crippen molar-refractivity contribution in [3.05, 3.63) is 72.0 Å². The Hall–Kier alpha value is -4.89. The molecule has 0 saturated carbocycles. The number of carbonyl (C=O) groups is 2. The number of benzene rings is 3. The molecular weight excluding hydrogens is 576 g/mol. The summed E-state index contributed by atoms with van der Waals surface area (Å²) in [7, 11) is 0. The summed E-state index contributed by atoms with van der Waals surface area (Å²) < 4.78 is 67.2. The third kappa shape index (κ3) is 6.79. The number of hydrogen-bond donors (Lipinski definition) is 3. The fourth-order valence-electron chi connectivity index (χ4n) is 4.69. The monoisotopic (exact) mass is 602 g/mol. The summed E-state index contributed by atoms with van der Waals surface area (Å²) in [4.78, 5) is 30.8. The van der Waals surface area contributed by atoms with Crippen molar-refractivity contribution in [3.8, 4) is 11.5 Å². The predicted octanol–water partition coefficient (Wildman–Crippen LogP) is 5.63. The van der Waals surface area contributed by atoms with Gasteiger partial charge in [0.2, 0.25) is 5.95 Å². The van der Waals surface area contributed by atoms with Crippen LogP contribution in [0.3, 0.4) is 0 Å². The lowest BCUT2D eigenvalue weighted by atomic mass is 10.1. The van der Waals surface area contributed by atoms with Crippen molar-refractivity contribution in [2.45, 2.75) is 12.7 Å². The highest BCUT2D eigenvalue weighted by atomic mass is 19.4. The van der Waals surface area contributed by atoms with E-state index in [0.29, 0.717) is 71.9 Å². The molecular formula is C28H26F4N6O5. The quantitative estimate of drug-likeness (QED) is 0.223. The molecule has 1 aliphatic heterocycles. The number of alkyl halides is 3. The van der Waals surface area contributed by atoms with Gasteiger partial charge in [-0.15, -0.1) is 0 Å². The fourth-order valence-corrected chi connectivity index (χ4v) is 4.69. The number of amides is 3. The van der Waals surface area contributed by atoms with E-state index in [-0.39, 0.29) is 11.6 Å². The van der Waals surface area contributed by atoms with Crippen LogP contribution in [0.4, 0.5) is 44.5 Å². The van der Waals surface area contributed by atoms with Crippen molar-refractivity contribution in [3.63, 3.8) is 0 Å². The van der Waals surface area contributed by atoms with Crippen molar-refractivity contribution >= 4 is 40.5 Å². The van der Waals surface area contributed by atoms with Crippen molar-refractivity contribution < 1.29 is 41.7 Å². The Kier molecular flexibility index (Phi) is 8.36. The first-order chi connectivity index (χ1) is 20.5.